The Hall–Kier alpha value is -0.414. The van der Waals surface area contributed by atoms with Crippen molar-refractivity contribution in [3.05, 3.63) is 48.0 Å². The number of ether oxygens (including phenoxy) is 1. The molecule has 2 aromatic carbocycles. The van der Waals surface area contributed by atoms with Crippen molar-refractivity contribution in [2.24, 2.45) is 0 Å². The summed E-state index contributed by atoms with van der Waals surface area (Å²) in [6.45, 7) is 2.23. The molecule has 0 radical (unpaired) electrons. The molecule has 0 saturated heterocycles. The van der Waals surface area contributed by atoms with E-state index in [1.165, 1.54) is 75.6 Å². The average molecular weight is 473 g/mol. The van der Waals surface area contributed by atoms with Crippen molar-refractivity contribution in [3.8, 4) is 17.2 Å². The van der Waals surface area contributed by atoms with Gasteiger partial charge in [0.05, 0.1) is 0 Å². The van der Waals surface area contributed by atoms with Gasteiger partial charge in [0, 0.05) is 0 Å². The first-order valence-electron chi connectivity index (χ1n) is 11.0. The van der Waals surface area contributed by atoms with Crippen LogP contribution in [-0.2, 0) is 16.5 Å². The van der Waals surface area contributed by atoms with Crippen LogP contribution in [0.1, 0.15) is 76.7 Å². The van der Waals surface area contributed by atoms with Gasteiger partial charge in [-0.05, 0) is 31.0 Å². The van der Waals surface area contributed by atoms with Crippen molar-refractivity contribution >= 4 is 10.1 Å². The molecule has 0 unspecified atom stereocenters. The molecule has 0 bridgehead atoms. The molecule has 0 heterocycles. The molecule has 0 aromatic heterocycles. The SMILES string of the molecule is CCCCCCCCCCCCc1cccc(Oc2ccccc2S(=O)(=O)O)c1[O-].[K+]. The van der Waals surface area contributed by atoms with Gasteiger partial charge < -0.3 is 9.84 Å². The summed E-state index contributed by atoms with van der Waals surface area (Å²) in [4.78, 5) is -0.357. The second-order valence-corrected chi connectivity index (χ2v) is 9.09. The number of hydrogen-bond donors (Lipinski definition) is 1. The van der Waals surface area contributed by atoms with E-state index in [9.17, 15) is 18.1 Å². The molecule has 5 nitrogen and oxygen atoms in total. The topological polar surface area (TPSA) is 86.7 Å². The van der Waals surface area contributed by atoms with E-state index in [0.29, 0.717) is 12.0 Å². The van der Waals surface area contributed by atoms with Crippen LogP contribution in [0.4, 0.5) is 0 Å². The maximum atomic E-state index is 12.7. The van der Waals surface area contributed by atoms with E-state index in [1.807, 2.05) is 0 Å². The molecule has 0 aliphatic rings. The molecule has 1 N–H and O–H groups in total. The molecule has 0 aliphatic carbocycles. The molecule has 31 heavy (non-hydrogen) atoms. The van der Waals surface area contributed by atoms with E-state index in [1.54, 1.807) is 18.2 Å². The number of para-hydroxylation sites is 2. The Morgan fingerprint density at radius 1 is 0.806 bits per heavy atom. The van der Waals surface area contributed by atoms with Crippen LogP contribution in [0.5, 0.6) is 17.2 Å². The van der Waals surface area contributed by atoms with E-state index < -0.39 is 10.1 Å². The molecule has 0 aliphatic heterocycles. The summed E-state index contributed by atoms with van der Waals surface area (Å²) in [7, 11) is -4.44. The third-order valence-electron chi connectivity index (χ3n) is 5.21. The Labute approximate surface area is 229 Å². The minimum atomic E-state index is -4.44. The summed E-state index contributed by atoms with van der Waals surface area (Å²) in [5.74, 6) is -0.234. The fourth-order valence-electron chi connectivity index (χ4n) is 3.51. The Kier molecular flexibility index (Phi) is 14.2. The molecule has 2 rings (SSSR count). The molecule has 0 amide bonds. The van der Waals surface area contributed by atoms with E-state index in [-0.39, 0.29) is 73.5 Å². The van der Waals surface area contributed by atoms with E-state index >= 15 is 0 Å². The molecule has 0 saturated carbocycles. The van der Waals surface area contributed by atoms with Gasteiger partial charge in [-0.2, -0.15) is 8.42 Å². The maximum absolute atomic E-state index is 12.7. The molecule has 7 heteroatoms. The predicted octanol–water partition coefficient (Wildman–Crippen LogP) is 3.27. The zero-order chi connectivity index (χ0) is 21.8. The van der Waals surface area contributed by atoms with Crippen molar-refractivity contribution < 1.29 is 74.2 Å². The summed E-state index contributed by atoms with van der Waals surface area (Å²) < 4.78 is 37.9. The van der Waals surface area contributed by atoms with Gasteiger partial charge in [-0.1, -0.05) is 100 Å². The zero-order valence-corrected chi connectivity index (χ0v) is 22.7. The fraction of sp³-hybridized carbons (Fsp3) is 0.500. The first-order valence-corrected chi connectivity index (χ1v) is 12.4. The second-order valence-electron chi connectivity index (χ2n) is 7.70. The molecular formula is C24H33KO5S. The number of rotatable bonds is 14. The Morgan fingerprint density at radius 3 is 1.97 bits per heavy atom. The van der Waals surface area contributed by atoms with Crippen molar-refractivity contribution in [3.63, 3.8) is 0 Å². The van der Waals surface area contributed by atoms with Gasteiger partial charge in [0.15, 0.2) is 0 Å². The third kappa shape index (κ3) is 10.4. The van der Waals surface area contributed by atoms with Gasteiger partial charge in [-0.15, -0.1) is 0 Å². The number of benzene rings is 2. The first kappa shape index (κ1) is 28.6. The molecule has 0 fully saturated rings. The van der Waals surface area contributed by atoms with Gasteiger partial charge in [-0.3, -0.25) is 4.55 Å². The van der Waals surface area contributed by atoms with Crippen LogP contribution in [0.2, 0.25) is 0 Å². The second kappa shape index (κ2) is 15.4. The largest absolute Gasteiger partial charge is 1.00 e. The van der Waals surface area contributed by atoms with Crippen LogP contribution in [-0.4, -0.2) is 13.0 Å². The Bertz CT molecular complexity index is 883. The van der Waals surface area contributed by atoms with E-state index in [4.69, 9.17) is 4.74 Å². The normalized spacial score (nSPS) is 11.2. The van der Waals surface area contributed by atoms with Gasteiger partial charge in [-0.25, -0.2) is 0 Å². The van der Waals surface area contributed by atoms with Gasteiger partial charge >= 0.3 is 51.4 Å². The monoisotopic (exact) mass is 472 g/mol. The van der Waals surface area contributed by atoms with Crippen molar-refractivity contribution in [2.45, 2.75) is 82.4 Å². The van der Waals surface area contributed by atoms with Crippen LogP contribution >= 0.6 is 0 Å². The zero-order valence-electron chi connectivity index (χ0n) is 18.8. The average Bonchev–Trinajstić information content (AvgIpc) is 2.71. The van der Waals surface area contributed by atoms with Crippen LogP contribution in [0, 0.1) is 0 Å². The predicted molar refractivity (Wildman–Crippen MR) is 118 cm³/mol. The Morgan fingerprint density at radius 2 is 1.35 bits per heavy atom. The summed E-state index contributed by atoms with van der Waals surface area (Å²) >= 11 is 0. The van der Waals surface area contributed by atoms with E-state index in [0.717, 1.165) is 12.8 Å². The fourth-order valence-corrected chi connectivity index (χ4v) is 4.12. The van der Waals surface area contributed by atoms with Crippen LogP contribution in [0.15, 0.2) is 47.4 Å². The summed E-state index contributed by atoms with van der Waals surface area (Å²) in [5, 5.41) is 12.7. The molecule has 0 spiro atoms. The van der Waals surface area contributed by atoms with Gasteiger partial charge in [0.2, 0.25) is 0 Å². The summed E-state index contributed by atoms with van der Waals surface area (Å²) in [5.41, 5.74) is 0.663. The van der Waals surface area contributed by atoms with E-state index in [2.05, 4.69) is 6.92 Å². The number of aryl methyl sites for hydroxylation is 1. The summed E-state index contributed by atoms with van der Waals surface area (Å²) in [6.07, 6.45) is 13.0. The molecular weight excluding hydrogens is 439 g/mol. The maximum Gasteiger partial charge on any atom is 1.00 e. The third-order valence-corrected chi connectivity index (χ3v) is 6.10. The first-order chi connectivity index (χ1) is 14.4. The van der Waals surface area contributed by atoms with Crippen molar-refractivity contribution in [1.82, 2.24) is 0 Å². The van der Waals surface area contributed by atoms with Crippen LogP contribution in [0.3, 0.4) is 0 Å². The standard InChI is InChI=1S/C24H34O5S.K/c1-2-3-4-5-6-7-8-9-10-11-15-20-16-14-18-22(24(20)25)29-21-17-12-13-19-23(21)30(26,27)28;/h12-14,16-19,25H,2-11,15H2,1H3,(H,26,27,28);/q;+1/p-1. The smallest absolute Gasteiger partial charge is 0.870 e. The molecule has 2 aromatic rings. The van der Waals surface area contributed by atoms with Crippen molar-refractivity contribution in [1.29, 1.82) is 0 Å². The van der Waals surface area contributed by atoms with Crippen molar-refractivity contribution in [2.75, 3.05) is 0 Å². The van der Waals surface area contributed by atoms with Gasteiger partial charge in [0.1, 0.15) is 16.4 Å². The minimum absolute atomic E-state index is 0. The minimum Gasteiger partial charge on any atom is -0.870 e. The summed E-state index contributed by atoms with van der Waals surface area (Å²) in [6, 6.07) is 10.8. The quantitative estimate of drug-likeness (QED) is 0.259. The van der Waals surface area contributed by atoms with Gasteiger partial charge in [0.25, 0.3) is 10.1 Å². The number of unbranched alkanes of at least 4 members (excludes halogenated alkanes) is 9. The van der Waals surface area contributed by atoms with Crippen LogP contribution in [0.25, 0.3) is 0 Å². The molecule has 166 valence electrons. The Balaban J connectivity index is 0.00000480. The molecule has 0 atom stereocenters. The number of hydrogen-bond acceptors (Lipinski definition) is 4. The van der Waals surface area contributed by atoms with Crippen LogP contribution < -0.4 is 61.2 Å².